The summed E-state index contributed by atoms with van der Waals surface area (Å²) in [5.41, 5.74) is 56.9. The highest BCUT2D eigenvalue weighted by Gasteiger charge is 2.33. The van der Waals surface area contributed by atoms with E-state index in [1.165, 1.54) is 251 Å². The second kappa shape index (κ2) is 32.5. The average molecular weight is 1590 g/mol. The molecule has 0 saturated carbocycles. The van der Waals surface area contributed by atoms with Crippen molar-refractivity contribution in [3.63, 3.8) is 0 Å². The predicted molar refractivity (Wildman–Crippen MR) is 520 cm³/mol. The van der Waals surface area contributed by atoms with Gasteiger partial charge >= 0.3 is 0 Å². The molecule has 592 valence electrons. The number of benzene rings is 16. The van der Waals surface area contributed by atoms with Crippen molar-refractivity contribution in [2.24, 2.45) is 21.1 Å². The number of rotatable bonds is 7. The van der Waals surface area contributed by atoms with Gasteiger partial charge in [0.25, 0.3) is 0 Å². The zero-order valence-electron chi connectivity index (χ0n) is 71.9. The molecule has 16 aromatic carbocycles. The topological polar surface area (TPSA) is 11.6 Å². The highest BCUT2D eigenvalue weighted by molar-refractivity contribution is 6.11. The SMILES string of the molecule is Cc1c[n+](C)c(-c2c(C)ccc3c2-c2ccccc2-c2ccccc2-c2ccccc2-3)cc1-c1ccc(-c2ccccc2)cc1.Cc1ccc(-c2cc(-c3c(C)ccc4c3-c3ccccc3-c3ccccc3-c3ccccc3-4)[n+](C)cc2C)cc1.Cc1ccc(-c2cc[n+](C)c(-c3c(C)ccc4c3-c3ccccc3-c3ccccc3-c3ccccc3-4)c2)cc1. The van der Waals surface area contributed by atoms with Gasteiger partial charge in [-0.05, 0) is 226 Å². The molecule has 0 unspecified atom stereocenters. The monoisotopic (exact) mass is 1590 g/mol. The molecule has 3 aromatic heterocycles. The molecule has 3 heterocycles. The number of fused-ring (bicyclic) bond motifs is 24. The fourth-order valence-electron chi connectivity index (χ4n) is 19.8. The maximum Gasteiger partial charge on any atom is 0.213 e. The molecule has 0 spiro atoms. The Labute approximate surface area is 729 Å². The van der Waals surface area contributed by atoms with Gasteiger partial charge in [0.1, 0.15) is 21.1 Å². The lowest BCUT2D eigenvalue weighted by Gasteiger charge is -2.25. The van der Waals surface area contributed by atoms with Gasteiger partial charge in [0.15, 0.2) is 18.6 Å². The van der Waals surface area contributed by atoms with E-state index in [0.29, 0.717) is 0 Å². The molecule has 22 rings (SSSR count). The quantitative estimate of drug-likeness (QED) is 0.141. The van der Waals surface area contributed by atoms with E-state index in [1.54, 1.807) is 0 Å². The van der Waals surface area contributed by atoms with Crippen molar-refractivity contribution in [3.05, 3.63) is 440 Å². The Kier molecular flexibility index (Phi) is 20.3. The largest absolute Gasteiger partial charge is 0.213 e. The normalized spacial score (nSPS) is 11.5. The number of nitrogens with zero attached hydrogens (tertiary/aromatic N) is 3. The van der Waals surface area contributed by atoms with Crippen molar-refractivity contribution in [2.75, 3.05) is 0 Å². The van der Waals surface area contributed by atoms with Crippen LogP contribution in [0.3, 0.4) is 0 Å². The maximum absolute atomic E-state index is 2.40. The molecule has 0 atom stereocenters. The summed E-state index contributed by atoms with van der Waals surface area (Å²) in [6.45, 7) is 15.5. The van der Waals surface area contributed by atoms with Crippen LogP contribution in [0.5, 0.6) is 0 Å². The van der Waals surface area contributed by atoms with Crippen molar-refractivity contribution in [3.8, 4) is 212 Å². The molecule has 0 fully saturated rings. The van der Waals surface area contributed by atoms with Crippen LogP contribution in [0, 0.1) is 48.5 Å². The fourth-order valence-corrected chi connectivity index (χ4v) is 19.8. The average Bonchev–Trinajstić information content (AvgIpc) is 0.737. The highest BCUT2D eigenvalue weighted by atomic mass is 14.9. The third kappa shape index (κ3) is 13.9. The molecule has 0 saturated heterocycles. The molecule has 0 N–H and O–H groups in total. The molecule has 0 radical (unpaired) electrons. The minimum Gasteiger partial charge on any atom is -0.201 e. The van der Waals surface area contributed by atoms with E-state index in [-0.39, 0.29) is 0 Å². The number of aromatic nitrogens is 3. The van der Waals surface area contributed by atoms with Crippen LogP contribution in [0.4, 0.5) is 0 Å². The Morgan fingerprint density at radius 1 is 0.145 bits per heavy atom. The molecular weight excluding hydrogens is 1500 g/mol. The first kappa shape index (κ1) is 77.6. The zero-order chi connectivity index (χ0) is 84.4. The lowest BCUT2D eigenvalue weighted by atomic mass is 9.78. The summed E-state index contributed by atoms with van der Waals surface area (Å²) in [7, 11) is 6.52. The first-order valence-electron chi connectivity index (χ1n) is 43.3. The van der Waals surface area contributed by atoms with Crippen LogP contribution in [-0.4, -0.2) is 0 Å². The zero-order valence-corrected chi connectivity index (χ0v) is 71.9. The van der Waals surface area contributed by atoms with E-state index in [0.717, 1.165) is 0 Å². The van der Waals surface area contributed by atoms with E-state index in [4.69, 9.17) is 0 Å². The lowest BCUT2D eigenvalue weighted by molar-refractivity contribution is -0.660. The number of aryl methyl sites for hydroxylation is 10. The molecule has 124 heavy (non-hydrogen) atoms. The molecule has 3 heteroatoms. The Morgan fingerprint density at radius 3 is 0.677 bits per heavy atom. The molecule has 3 aliphatic rings. The van der Waals surface area contributed by atoms with E-state index < -0.39 is 0 Å². The first-order chi connectivity index (χ1) is 60.7. The Hall–Kier alpha value is -15.0. The van der Waals surface area contributed by atoms with E-state index in [9.17, 15) is 0 Å². The van der Waals surface area contributed by atoms with E-state index in [1.807, 2.05) is 0 Å². The second-order valence-electron chi connectivity index (χ2n) is 33.8. The van der Waals surface area contributed by atoms with Gasteiger partial charge in [-0.25, -0.2) is 13.7 Å². The smallest absolute Gasteiger partial charge is 0.201 e. The standard InChI is InChI=1S/C44H34N.C39H32N.C38H30N/c1-29-21-26-40-38-19-10-9-17-36(38)34-15-7-8-16-35(34)37-18-11-12-20-39(37)44(40)43(29)42-27-41(30(2)28-45(42)3)33-24-22-32(23-25-33)31-13-5-4-6-14-31;1-25-17-20-28(21-18-25)36-23-37(40(4)24-27(36)3)38-26(2)19-22-35-33-15-8-7-13-31(33)29-11-5-6-12-30(29)32-14-9-10-16-34(32)39(35)38;1-25-16-19-27(20-17-25)28-22-23-39(3)36(24-28)37-26(2)18-21-35-33-14-7-6-12-31(33)29-10-4-5-11-30(29)32-13-8-9-15-34(32)38(35)37/h4-28H,1-3H3;5-24H,1-4H3;4-24H,1-3H3/q3*+1. The molecule has 0 amide bonds. The number of hydrogen-bond donors (Lipinski definition) is 0. The summed E-state index contributed by atoms with van der Waals surface area (Å²) in [4.78, 5) is 0. The summed E-state index contributed by atoms with van der Waals surface area (Å²) in [6.07, 6.45) is 6.76. The number of pyridine rings is 3. The van der Waals surface area contributed by atoms with Gasteiger partial charge in [0.05, 0.1) is 16.7 Å². The van der Waals surface area contributed by atoms with E-state index >= 15 is 0 Å². The van der Waals surface area contributed by atoms with Gasteiger partial charge < -0.3 is 0 Å². The van der Waals surface area contributed by atoms with Gasteiger partial charge in [0.2, 0.25) is 17.1 Å². The van der Waals surface area contributed by atoms with Crippen LogP contribution in [-0.2, 0) is 21.1 Å². The first-order valence-corrected chi connectivity index (χ1v) is 43.3. The van der Waals surface area contributed by atoms with Crippen LogP contribution in [0.1, 0.15) is 38.9 Å². The molecule has 3 nitrogen and oxygen atoms in total. The molecule has 19 aromatic rings. The summed E-state index contributed by atoms with van der Waals surface area (Å²) >= 11 is 0. The van der Waals surface area contributed by atoms with Gasteiger partial charge in [-0.3, -0.25) is 0 Å². The molecule has 0 aliphatic heterocycles. The molecular formula is C121H96N3+3. The van der Waals surface area contributed by atoms with Gasteiger partial charge in [0, 0.05) is 52.1 Å². The van der Waals surface area contributed by atoms with Crippen LogP contribution in [0.25, 0.3) is 212 Å². The van der Waals surface area contributed by atoms with Crippen LogP contribution in [0.2, 0.25) is 0 Å². The number of hydrogen-bond acceptors (Lipinski definition) is 0. The predicted octanol–water partition coefficient (Wildman–Crippen LogP) is 30.3. The summed E-state index contributed by atoms with van der Waals surface area (Å²) < 4.78 is 6.87. The fraction of sp³-hybridized carbons (Fsp3) is 0.0826. The molecule has 0 bridgehead atoms. The minimum atomic E-state index is 1.21. The van der Waals surface area contributed by atoms with Crippen molar-refractivity contribution in [2.45, 2.75) is 48.5 Å². The third-order valence-corrected chi connectivity index (χ3v) is 25.9. The van der Waals surface area contributed by atoms with Gasteiger partial charge in [-0.2, -0.15) is 0 Å². The van der Waals surface area contributed by atoms with Gasteiger partial charge in [-0.1, -0.05) is 369 Å². The van der Waals surface area contributed by atoms with Crippen molar-refractivity contribution < 1.29 is 13.7 Å². The second-order valence-corrected chi connectivity index (χ2v) is 33.8. The summed E-state index contributed by atoms with van der Waals surface area (Å²) in [5, 5.41) is 0. The van der Waals surface area contributed by atoms with Crippen LogP contribution < -0.4 is 13.7 Å². The molecule has 3 aliphatic carbocycles. The van der Waals surface area contributed by atoms with E-state index in [2.05, 4.69) is 484 Å². The minimum absolute atomic E-state index is 1.21. The van der Waals surface area contributed by atoms with Crippen molar-refractivity contribution in [1.29, 1.82) is 0 Å². The third-order valence-electron chi connectivity index (χ3n) is 25.9. The van der Waals surface area contributed by atoms with Crippen molar-refractivity contribution >= 4 is 0 Å². The van der Waals surface area contributed by atoms with Gasteiger partial charge in [-0.15, -0.1) is 0 Å². The summed E-state index contributed by atoms with van der Waals surface area (Å²) in [5.74, 6) is 0. The summed E-state index contributed by atoms with van der Waals surface area (Å²) in [6, 6.07) is 140. The van der Waals surface area contributed by atoms with Crippen LogP contribution in [0.15, 0.2) is 401 Å². The maximum atomic E-state index is 2.40. The Morgan fingerprint density at radius 2 is 0.371 bits per heavy atom. The van der Waals surface area contributed by atoms with Crippen molar-refractivity contribution in [1.82, 2.24) is 0 Å². The Bertz CT molecular complexity index is 7410. The lowest BCUT2D eigenvalue weighted by Crippen LogP contribution is -2.31. The van der Waals surface area contributed by atoms with Crippen LogP contribution >= 0.6 is 0 Å². The Balaban J connectivity index is 0.000000118. The highest BCUT2D eigenvalue weighted by Crippen LogP contribution is 2.56.